The highest BCUT2D eigenvalue weighted by Crippen LogP contribution is 2.19. The molecule has 0 spiro atoms. The third kappa shape index (κ3) is 4.17. The van der Waals surface area contributed by atoms with Gasteiger partial charge in [0, 0.05) is 18.7 Å². The van der Waals surface area contributed by atoms with Crippen LogP contribution in [0.4, 0.5) is 0 Å². The molecule has 3 nitrogen and oxygen atoms in total. The lowest BCUT2D eigenvalue weighted by atomic mass is 10.0. The zero-order valence-corrected chi connectivity index (χ0v) is 11.6. The molecule has 1 aromatic rings. The van der Waals surface area contributed by atoms with Gasteiger partial charge in [0.2, 0.25) is 0 Å². The summed E-state index contributed by atoms with van der Waals surface area (Å²) in [5.41, 5.74) is 1.02. The van der Waals surface area contributed by atoms with Crippen molar-refractivity contribution in [2.24, 2.45) is 0 Å². The molecule has 1 atom stereocenters. The monoisotopic (exact) mass is 265 g/mol. The predicted molar refractivity (Wildman–Crippen MR) is 74.0 cm³/mol. The van der Waals surface area contributed by atoms with Gasteiger partial charge < -0.3 is 5.32 Å². The van der Waals surface area contributed by atoms with Gasteiger partial charge in [0.25, 0.3) is 0 Å². The molecule has 1 rings (SSSR count). The van der Waals surface area contributed by atoms with Gasteiger partial charge >= 0.3 is 0 Å². The Morgan fingerprint density at radius 2 is 1.94 bits per heavy atom. The topological polar surface area (TPSA) is 46.2 Å². The van der Waals surface area contributed by atoms with Crippen LogP contribution in [-0.4, -0.2) is 21.2 Å². The van der Waals surface area contributed by atoms with E-state index < -0.39 is 9.84 Å². The highest BCUT2D eigenvalue weighted by Gasteiger charge is 2.11. The summed E-state index contributed by atoms with van der Waals surface area (Å²) in [5, 5.41) is 3.35. The Labute approximate surface area is 110 Å². The predicted octanol–water partition coefficient (Wildman–Crippen LogP) is 2.15. The summed E-state index contributed by atoms with van der Waals surface area (Å²) < 4.78 is 22.7. The highest BCUT2D eigenvalue weighted by atomic mass is 32.2. The molecule has 4 heteroatoms. The van der Waals surface area contributed by atoms with E-state index in [2.05, 4.69) is 18.2 Å². The van der Waals surface area contributed by atoms with Crippen molar-refractivity contribution in [2.75, 3.05) is 12.8 Å². The number of hydrogen-bond acceptors (Lipinski definition) is 3. The summed E-state index contributed by atoms with van der Waals surface area (Å²) in [6.07, 6.45) is 8.18. The van der Waals surface area contributed by atoms with Crippen molar-refractivity contribution >= 4 is 9.84 Å². The van der Waals surface area contributed by atoms with E-state index in [-0.39, 0.29) is 6.04 Å². The lowest BCUT2D eigenvalue weighted by Gasteiger charge is -2.16. The third-order valence-corrected chi connectivity index (χ3v) is 3.80. The molecular weight excluding hydrogens is 246 g/mol. The summed E-state index contributed by atoms with van der Waals surface area (Å²) in [6.45, 7) is 2.98. The molecular formula is C14H19NO2S. The zero-order valence-electron chi connectivity index (χ0n) is 10.8. The molecule has 1 N–H and O–H groups in total. The summed E-state index contributed by atoms with van der Waals surface area (Å²) >= 11 is 0. The standard InChI is InChI=1S/C14H19NO2S/c1-4-6-14(15-11-5-2)12-7-9-13(10-8-12)18(3,16)17/h1,7-10,14-15H,5-6,11H2,2-3H3. The first-order chi connectivity index (χ1) is 8.49. The molecule has 1 aromatic carbocycles. The van der Waals surface area contributed by atoms with Crippen LogP contribution >= 0.6 is 0 Å². The maximum absolute atomic E-state index is 11.4. The maximum atomic E-state index is 11.4. The Hall–Kier alpha value is -1.31. The van der Waals surface area contributed by atoms with Crippen molar-refractivity contribution in [1.29, 1.82) is 0 Å². The fourth-order valence-electron chi connectivity index (χ4n) is 1.69. The Bertz CT molecular complexity index is 512. The van der Waals surface area contributed by atoms with Crippen LogP contribution < -0.4 is 5.32 Å². The van der Waals surface area contributed by atoms with E-state index in [1.807, 2.05) is 12.1 Å². The van der Waals surface area contributed by atoms with Gasteiger partial charge in [0.15, 0.2) is 9.84 Å². The van der Waals surface area contributed by atoms with Crippen LogP contribution in [0.15, 0.2) is 29.2 Å². The van der Waals surface area contributed by atoms with Crippen molar-refractivity contribution in [3.63, 3.8) is 0 Å². The molecule has 0 radical (unpaired) electrons. The van der Waals surface area contributed by atoms with Crippen molar-refractivity contribution in [3.05, 3.63) is 29.8 Å². The number of hydrogen-bond donors (Lipinski definition) is 1. The van der Waals surface area contributed by atoms with E-state index in [1.165, 1.54) is 6.26 Å². The Balaban J connectivity index is 2.90. The molecule has 0 saturated carbocycles. The molecule has 0 heterocycles. The van der Waals surface area contributed by atoms with Crippen LogP contribution in [-0.2, 0) is 9.84 Å². The normalized spacial score (nSPS) is 12.9. The molecule has 0 fully saturated rings. The van der Waals surface area contributed by atoms with Crippen LogP contribution in [0, 0.1) is 12.3 Å². The zero-order chi connectivity index (χ0) is 13.6. The third-order valence-electron chi connectivity index (χ3n) is 2.67. The number of rotatable bonds is 6. The average molecular weight is 265 g/mol. The lowest BCUT2D eigenvalue weighted by Crippen LogP contribution is -2.21. The molecule has 98 valence electrons. The van der Waals surface area contributed by atoms with Gasteiger partial charge in [0.1, 0.15) is 0 Å². The van der Waals surface area contributed by atoms with Crippen molar-refractivity contribution in [2.45, 2.75) is 30.7 Å². The van der Waals surface area contributed by atoms with E-state index in [0.717, 1.165) is 18.5 Å². The summed E-state index contributed by atoms with van der Waals surface area (Å²) in [7, 11) is -3.14. The van der Waals surface area contributed by atoms with Crippen LogP contribution in [0.25, 0.3) is 0 Å². The smallest absolute Gasteiger partial charge is 0.175 e. The number of benzene rings is 1. The van der Waals surface area contributed by atoms with Gasteiger partial charge in [-0.2, -0.15) is 0 Å². The van der Waals surface area contributed by atoms with Gasteiger partial charge in [0.05, 0.1) is 4.90 Å². The number of terminal acetylenes is 1. The molecule has 0 aliphatic rings. The summed E-state index contributed by atoms with van der Waals surface area (Å²) in [5.74, 6) is 2.64. The fraction of sp³-hybridized carbons (Fsp3) is 0.429. The minimum absolute atomic E-state index is 0.0866. The van der Waals surface area contributed by atoms with E-state index in [1.54, 1.807) is 12.1 Å². The first-order valence-electron chi connectivity index (χ1n) is 5.96. The van der Waals surface area contributed by atoms with Crippen LogP contribution in [0.1, 0.15) is 31.4 Å². The van der Waals surface area contributed by atoms with E-state index in [0.29, 0.717) is 11.3 Å². The summed E-state index contributed by atoms with van der Waals surface area (Å²) in [6, 6.07) is 6.98. The van der Waals surface area contributed by atoms with Gasteiger partial charge in [-0.25, -0.2) is 8.42 Å². The maximum Gasteiger partial charge on any atom is 0.175 e. The SMILES string of the molecule is C#CCC(NCCC)c1ccc(S(C)(=O)=O)cc1. The largest absolute Gasteiger partial charge is 0.309 e. The molecule has 0 saturated heterocycles. The first-order valence-corrected chi connectivity index (χ1v) is 7.85. The molecule has 0 aliphatic carbocycles. The lowest BCUT2D eigenvalue weighted by molar-refractivity contribution is 0.542. The second-order valence-electron chi connectivity index (χ2n) is 4.26. The first kappa shape index (κ1) is 14.7. The van der Waals surface area contributed by atoms with Crippen molar-refractivity contribution in [3.8, 4) is 12.3 Å². The minimum atomic E-state index is -3.14. The molecule has 0 bridgehead atoms. The van der Waals surface area contributed by atoms with Gasteiger partial charge in [-0.1, -0.05) is 19.1 Å². The molecule has 0 amide bonds. The molecule has 0 aromatic heterocycles. The number of sulfone groups is 1. The average Bonchev–Trinajstić information content (AvgIpc) is 2.33. The summed E-state index contributed by atoms with van der Waals surface area (Å²) in [4.78, 5) is 0.334. The Morgan fingerprint density at radius 3 is 2.39 bits per heavy atom. The van der Waals surface area contributed by atoms with Gasteiger partial charge in [-0.05, 0) is 30.7 Å². The minimum Gasteiger partial charge on any atom is -0.309 e. The van der Waals surface area contributed by atoms with E-state index >= 15 is 0 Å². The van der Waals surface area contributed by atoms with Crippen molar-refractivity contribution < 1.29 is 8.42 Å². The van der Waals surface area contributed by atoms with Crippen LogP contribution in [0.3, 0.4) is 0 Å². The quantitative estimate of drug-likeness (QED) is 0.802. The Kier molecular flexibility index (Phi) is 5.39. The number of nitrogens with one attached hydrogen (secondary N) is 1. The van der Waals surface area contributed by atoms with E-state index in [4.69, 9.17) is 6.42 Å². The molecule has 18 heavy (non-hydrogen) atoms. The van der Waals surface area contributed by atoms with Crippen molar-refractivity contribution in [1.82, 2.24) is 5.32 Å². The van der Waals surface area contributed by atoms with E-state index in [9.17, 15) is 8.42 Å². The second-order valence-corrected chi connectivity index (χ2v) is 6.27. The second kappa shape index (κ2) is 6.58. The van der Waals surface area contributed by atoms with Crippen LogP contribution in [0.2, 0.25) is 0 Å². The fourth-order valence-corrected chi connectivity index (χ4v) is 2.32. The van der Waals surface area contributed by atoms with Gasteiger partial charge in [-0.15, -0.1) is 12.3 Å². The Morgan fingerprint density at radius 1 is 1.33 bits per heavy atom. The molecule has 0 aliphatic heterocycles. The highest BCUT2D eigenvalue weighted by molar-refractivity contribution is 7.90. The van der Waals surface area contributed by atoms with Gasteiger partial charge in [-0.3, -0.25) is 0 Å². The van der Waals surface area contributed by atoms with Crippen LogP contribution in [0.5, 0.6) is 0 Å². The molecule has 1 unspecified atom stereocenters.